The molecule has 0 aliphatic carbocycles. The summed E-state index contributed by atoms with van der Waals surface area (Å²) in [4.78, 5) is 1.36. The van der Waals surface area contributed by atoms with Crippen molar-refractivity contribution in [3.63, 3.8) is 0 Å². The second-order valence-electron chi connectivity index (χ2n) is 10.1. The first-order valence-corrected chi connectivity index (χ1v) is 16.5. The third kappa shape index (κ3) is 6.04. The van der Waals surface area contributed by atoms with Crippen molar-refractivity contribution in [2.24, 2.45) is 0 Å². The molecular formula is C31H27N2O8S2+. The lowest BCUT2D eigenvalue weighted by Gasteiger charge is -2.17. The summed E-state index contributed by atoms with van der Waals surface area (Å²) in [5, 5.41) is 1.60. The van der Waals surface area contributed by atoms with E-state index >= 15 is 0 Å². The quantitative estimate of drug-likeness (QED) is 0.164. The number of benzene rings is 4. The third-order valence-electron chi connectivity index (χ3n) is 7.06. The van der Waals surface area contributed by atoms with Crippen LogP contribution in [-0.4, -0.2) is 31.8 Å². The Balaban J connectivity index is 1.47. The number of nitrogens with zero attached hydrogens (tertiary/aromatic N) is 2. The Morgan fingerprint density at radius 1 is 0.884 bits per heavy atom. The van der Waals surface area contributed by atoms with Crippen molar-refractivity contribution >= 4 is 53.9 Å². The molecule has 2 N–H and O–H groups in total. The van der Waals surface area contributed by atoms with Gasteiger partial charge in [0.05, 0.1) is 17.1 Å². The van der Waals surface area contributed by atoms with E-state index in [0.29, 0.717) is 34.5 Å². The Bertz CT molecular complexity index is 2150. The van der Waals surface area contributed by atoms with Crippen LogP contribution in [-0.2, 0) is 26.1 Å². The van der Waals surface area contributed by atoms with Gasteiger partial charge in [-0.15, -0.1) is 4.57 Å². The fourth-order valence-electron chi connectivity index (χ4n) is 5.15. The first-order valence-electron chi connectivity index (χ1n) is 13.3. The molecule has 0 spiro atoms. The molecule has 2 heterocycles. The van der Waals surface area contributed by atoms with Gasteiger partial charge in [-0.1, -0.05) is 67.6 Å². The molecule has 0 bridgehead atoms. The average Bonchev–Trinajstić information content (AvgIpc) is 3.48. The van der Waals surface area contributed by atoms with Gasteiger partial charge in [0.15, 0.2) is 11.6 Å². The number of ether oxygens (including phenoxy) is 1. The maximum Gasteiger partial charge on any atom is 0.375 e. The molecule has 0 atom stereocenters. The van der Waals surface area contributed by atoms with Gasteiger partial charge in [-0.25, -0.2) is 0 Å². The number of anilines is 1. The van der Waals surface area contributed by atoms with Gasteiger partial charge in [-0.2, -0.15) is 16.8 Å². The summed E-state index contributed by atoms with van der Waals surface area (Å²) >= 11 is 0. The van der Waals surface area contributed by atoms with Crippen molar-refractivity contribution in [3.05, 3.63) is 108 Å². The monoisotopic (exact) mass is 619 g/mol. The van der Waals surface area contributed by atoms with Crippen LogP contribution in [0.2, 0.25) is 0 Å². The normalized spacial score (nSPS) is 14.9. The van der Waals surface area contributed by atoms with Gasteiger partial charge in [-0.3, -0.25) is 14.0 Å². The molecule has 10 nitrogen and oxygen atoms in total. The van der Waals surface area contributed by atoms with E-state index in [1.165, 1.54) is 9.47 Å². The van der Waals surface area contributed by atoms with Gasteiger partial charge in [0, 0.05) is 6.08 Å². The summed E-state index contributed by atoms with van der Waals surface area (Å²) in [6.45, 7) is 1.86. The van der Waals surface area contributed by atoms with E-state index in [2.05, 4.69) is 0 Å². The Kier molecular flexibility index (Phi) is 7.30. The third-order valence-corrected chi connectivity index (χ3v) is 8.23. The molecule has 12 heteroatoms. The zero-order valence-electron chi connectivity index (χ0n) is 22.9. The molecule has 0 radical (unpaired) electrons. The van der Waals surface area contributed by atoms with E-state index < -0.39 is 32.0 Å². The SMILES string of the molecule is CCC(=C/c1oc2ccc3ccccc3c2[n+]1CS(=O)(=O)O)/C=C1\Oc2ccc(-c3ccccc3)cc2N1CS(=O)(=O)O. The molecule has 0 unspecified atom stereocenters. The van der Waals surface area contributed by atoms with Gasteiger partial charge in [0.25, 0.3) is 21.5 Å². The van der Waals surface area contributed by atoms with Crippen molar-refractivity contribution in [1.82, 2.24) is 0 Å². The number of allylic oxidation sites excluding steroid dienone is 2. The molecule has 43 heavy (non-hydrogen) atoms. The van der Waals surface area contributed by atoms with Crippen molar-refractivity contribution in [1.29, 1.82) is 0 Å². The van der Waals surface area contributed by atoms with Crippen molar-refractivity contribution in [2.45, 2.75) is 19.2 Å². The molecule has 1 aliphatic rings. The molecule has 0 fully saturated rings. The van der Waals surface area contributed by atoms with Crippen LogP contribution in [0.1, 0.15) is 19.2 Å². The molecule has 0 amide bonds. The second kappa shape index (κ2) is 11.0. The standard InChI is InChI=1S/C31H26N2O8S2/c1-2-21(17-30-33(20-43(37,38)39)31-25-11-7-6-10-23(25)12-15-28(31)41-30)16-29-32(19-42(34,35)36)26-18-24(13-14-27(26)40-29)22-8-4-3-5-9-22/h3-18H,2,19-20H2,1H3,(H-,34,35,36,37,38,39)/p+1. The lowest BCUT2D eigenvalue weighted by atomic mass is 10.0. The fraction of sp³-hybridized carbons (Fsp3) is 0.129. The molecule has 1 aromatic heterocycles. The minimum absolute atomic E-state index is 0.147. The molecule has 0 saturated carbocycles. The number of rotatable bonds is 8. The van der Waals surface area contributed by atoms with Gasteiger partial charge < -0.3 is 9.15 Å². The highest BCUT2D eigenvalue weighted by molar-refractivity contribution is 7.85. The van der Waals surface area contributed by atoms with Crippen LogP contribution in [0.15, 0.2) is 107 Å². The summed E-state index contributed by atoms with van der Waals surface area (Å²) in [5.41, 5.74) is 3.72. The zero-order valence-corrected chi connectivity index (χ0v) is 24.5. The van der Waals surface area contributed by atoms with E-state index in [9.17, 15) is 25.9 Å². The van der Waals surface area contributed by atoms with Crippen LogP contribution in [0.5, 0.6) is 5.75 Å². The van der Waals surface area contributed by atoms with Crippen LogP contribution in [0, 0.1) is 0 Å². The number of fused-ring (bicyclic) bond motifs is 4. The highest BCUT2D eigenvalue weighted by atomic mass is 32.2. The highest BCUT2D eigenvalue weighted by Gasteiger charge is 2.31. The van der Waals surface area contributed by atoms with E-state index in [1.807, 2.05) is 73.7 Å². The Labute approximate surface area is 248 Å². The molecule has 6 rings (SSSR count). The predicted molar refractivity (Wildman–Crippen MR) is 163 cm³/mol. The predicted octanol–water partition coefficient (Wildman–Crippen LogP) is 5.76. The van der Waals surface area contributed by atoms with Gasteiger partial charge in [0.1, 0.15) is 0 Å². The zero-order chi connectivity index (χ0) is 30.4. The van der Waals surface area contributed by atoms with Gasteiger partial charge >= 0.3 is 16.0 Å². The van der Waals surface area contributed by atoms with E-state index in [0.717, 1.165) is 21.9 Å². The Morgan fingerprint density at radius 2 is 1.63 bits per heavy atom. The maximum absolute atomic E-state index is 12.0. The average molecular weight is 620 g/mol. The second-order valence-corrected chi connectivity index (χ2v) is 12.9. The minimum Gasteiger partial charge on any atom is -0.439 e. The van der Waals surface area contributed by atoms with Crippen molar-refractivity contribution in [2.75, 3.05) is 10.8 Å². The smallest absolute Gasteiger partial charge is 0.375 e. The Hall–Kier alpha value is -4.49. The lowest BCUT2D eigenvalue weighted by molar-refractivity contribution is -0.658. The fourth-order valence-corrected chi connectivity index (χ4v) is 6.33. The number of hydrogen-bond acceptors (Lipinski definition) is 7. The van der Waals surface area contributed by atoms with Gasteiger partial charge in [-0.05, 0) is 52.8 Å². The number of oxazole rings is 1. The van der Waals surface area contributed by atoms with Crippen LogP contribution in [0.4, 0.5) is 5.69 Å². The summed E-state index contributed by atoms with van der Waals surface area (Å²) in [6, 6.07) is 25.9. The van der Waals surface area contributed by atoms with Crippen molar-refractivity contribution < 1.29 is 39.7 Å². The van der Waals surface area contributed by atoms with E-state index in [1.54, 1.807) is 30.4 Å². The molecule has 220 valence electrons. The number of hydrogen-bond donors (Lipinski definition) is 2. The van der Waals surface area contributed by atoms with Crippen LogP contribution >= 0.6 is 0 Å². The lowest BCUT2D eigenvalue weighted by Crippen LogP contribution is -2.39. The Morgan fingerprint density at radius 3 is 2.35 bits per heavy atom. The van der Waals surface area contributed by atoms with E-state index in [-0.39, 0.29) is 11.8 Å². The topological polar surface area (TPSA) is 138 Å². The first kappa shape index (κ1) is 28.6. The summed E-state index contributed by atoms with van der Waals surface area (Å²) in [5.74, 6) is -0.788. The maximum atomic E-state index is 12.0. The molecule has 5 aromatic rings. The van der Waals surface area contributed by atoms with Crippen LogP contribution in [0.25, 0.3) is 39.1 Å². The first-order chi connectivity index (χ1) is 20.5. The largest absolute Gasteiger partial charge is 0.439 e. The summed E-state index contributed by atoms with van der Waals surface area (Å²) in [6.07, 6.45) is 3.64. The molecule has 0 saturated heterocycles. The molecule has 4 aromatic carbocycles. The molecule has 1 aliphatic heterocycles. The van der Waals surface area contributed by atoms with Gasteiger partial charge in [0.2, 0.25) is 11.5 Å². The number of aromatic nitrogens is 1. The van der Waals surface area contributed by atoms with Crippen molar-refractivity contribution in [3.8, 4) is 16.9 Å². The summed E-state index contributed by atoms with van der Waals surface area (Å²) in [7, 11) is -8.91. The summed E-state index contributed by atoms with van der Waals surface area (Å²) < 4.78 is 81.3. The molecular weight excluding hydrogens is 592 g/mol. The highest BCUT2D eigenvalue weighted by Crippen LogP contribution is 2.42. The van der Waals surface area contributed by atoms with E-state index in [4.69, 9.17) is 9.15 Å². The minimum atomic E-state index is -4.46. The van der Waals surface area contributed by atoms with Crippen LogP contribution in [0.3, 0.4) is 0 Å². The van der Waals surface area contributed by atoms with Crippen LogP contribution < -0.4 is 14.2 Å².